The molecule has 1 aromatic carbocycles. The van der Waals surface area contributed by atoms with Gasteiger partial charge in [-0.05, 0) is 37.6 Å². The molecule has 1 aromatic heterocycles. The van der Waals surface area contributed by atoms with Gasteiger partial charge in [0.15, 0.2) is 0 Å². The van der Waals surface area contributed by atoms with Crippen LogP contribution in [0.25, 0.3) is 0 Å². The molecule has 1 heterocycles. The van der Waals surface area contributed by atoms with Gasteiger partial charge < -0.3 is 10.2 Å². The van der Waals surface area contributed by atoms with Crippen molar-refractivity contribution < 1.29 is 4.42 Å². The lowest BCUT2D eigenvalue weighted by atomic mass is 9.95. The highest BCUT2D eigenvalue weighted by Crippen LogP contribution is 2.27. The van der Waals surface area contributed by atoms with Crippen LogP contribution in [0, 0.1) is 6.92 Å². The maximum absolute atomic E-state index is 6.43. The van der Waals surface area contributed by atoms with E-state index in [1.54, 1.807) is 6.26 Å². The molecule has 114 valence electrons. The molecule has 2 atom stereocenters. The van der Waals surface area contributed by atoms with Gasteiger partial charge in [-0.2, -0.15) is 0 Å². The third kappa shape index (κ3) is 3.96. The van der Waals surface area contributed by atoms with Crippen molar-refractivity contribution in [1.29, 1.82) is 0 Å². The molecule has 0 amide bonds. The number of nitrogens with two attached hydrogens (primary N) is 1. The van der Waals surface area contributed by atoms with E-state index < -0.39 is 0 Å². The summed E-state index contributed by atoms with van der Waals surface area (Å²) < 4.78 is 5.51. The molecule has 0 saturated carbocycles. The molecule has 2 aromatic rings. The van der Waals surface area contributed by atoms with Crippen molar-refractivity contribution in [1.82, 2.24) is 4.90 Å². The Morgan fingerprint density at radius 1 is 1.19 bits per heavy atom. The summed E-state index contributed by atoms with van der Waals surface area (Å²) in [4.78, 5) is 2.39. The van der Waals surface area contributed by atoms with E-state index >= 15 is 0 Å². The molecule has 2 unspecified atom stereocenters. The number of rotatable bonds is 7. The first kappa shape index (κ1) is 15.8. The van der Waals surface area contributed by atoms with E-state index in [4.69, 9.17) is 10.2 Å². The SMILES string of the molecule is CCC(N)C(c1cccc(C)c1)N(CC)Cc1ccco1. The van der Waals surface area contributed by atoms with Gasteiger partial charge >= 0.3 is 0 Å². The topological polar surface area (TPSA) is 42.4 Å². The van der Waals surface area contributed by atoms with Crippen LogP contribution >= 0.6 is 0 Å². The zero-order valence-electron chi connectivity index (χ0n) is 13.3. The lowest BCUT2D eigenvalue weighted by Gasteiger charge is -2.34. The number of benzene rings is 1. The van der Waals surface area contributed by atoms with E-state index in [9.17, 15) is 0 Å². The van der Waals surface area contributed by atoms with Crippen molar-refractivity contribution in [3.8, 4) is 0 Å². The first-order chi connectivity index (χ1) is 10.2. The second-order valence-corrected chi connectivity index (χ2v) is 5.57. The smallest absolute Gasteiger partial charge is 0.117 e. The van der Waals surface area contributed by atoms with Crippen molar-refractivity contribution >= 4 is 0 Å². The predicted octanol–water partition coefficient (Wildman–Crippen LogP) is 3.89. The van der Waals surface area contributed by atoms with E-state index in [2.05, 4.69) is 49.9 Å². The first-order valence-corrected chi connectivity index (χ1v) is 7.74. The fraction of sp³-hybridized carbons (Fsp3) is 0.444. The molecule has 0 saturated heterocycles. The molecule has 0 aliphatic heterocycles. The summed E-state index contributed by atoms with van der Waals surface area (Å²) in [5.74, 6) is 0.984. The average Bonchev–Trinajstić information content (AvgIpc) is 2.99. The zero-order valence-corrected chi connectivity index (χ0v) is 13.3. The van der Waals surface area contributed by atoms with Crippen molar-refractivity contribution in [2.24, 2.45) is 5.73 Å². The Morgan fingerprint density at radius 3 is 2.57 bits per heavy atom. The minimum atomic E-state index is 0.113. The van der Waals surface area contributed by atoms with E-state index in [0.717, 1.165) is 25.3 Å². The van der Waals surface area contributed by atoms with Crippen LogP contribution in [0.1, 0.15) is 43.2 Å². The molecule has 2 N–H and O–H groups in total. The zero-order chi connectivity index (χ0) is 15.2. The third-order valence-electron chi connectivity index (χ3n) is 4.00. The Labute approximate surface area is 127 Å². The van der Waals surface area contributed by atoms with E-state index in [1.165, 1.54) is 11.1 Å². The van der Waals surface area contributed by atoms with Crippen LogP contribution in [0.15, 0.2) is 47.1 Å². The van der Waals surface area contributed by atoms with Crippen LogP contribution in [0.5, 0.6) is 0 Å². The minimum absolute atomic E-state index is 0.113. The summed E-state index contributed by atoms with van der Waals surface area (Å²) in [6, 6.07) is 12.9. The number of hydrogen-bond donors (Lipinski definition) is 1. The number of likely N-dealkylation sites (N-methyl/N-ethyl adjacent to an activating group) is 1. The molecular weight excluding hydrogens is 260 g/mol. The molecule has 3 heteroatoms. The van der Waals surface area contributed by atoms with E-state index in [1.807, 2.05) is 12.1 Å². The Hall–Kier alpha value is -1.58. The molecule has 0 spiro atoms. The maximum Gasteiger partial charge on any atom is 0.117 e. The first-order valence-electron chi connectivity index (χ1n) is 7.74. The molecule has 0 radical (unpaired) electrons. The second-order valence-electron chi connectivity index (χ2n) is 5.57. The molecule has 0 aliphatic rings. The standard InChI is InChI=1S/C18H26N2O/c1-4-17(19)18(15-9-6-8-14(3)12-15)20(5-2)13-16-10-7-11-21-16/h6-12,17-18H,4-5,13,19H2,1-3H3. The summed E-state index contributed by atoms with van der Waals surface area (Å²) in [7, 11) is 0. The van der Waals surface area contributed by atoms with Crippen LogP contribution in [0.3, 0.4) is 0 Å². The number of nitrogens with zero attached hydrogens (tertiary/aromatic N) is 1. The summed E-state index contributed by atoms with van der Waals surface area (Å²) in [5, 5.41) is 0. The van der Waals surface area contributed by atoms with Gasteiger partial charge in [-0.1, -0.05) is 43.7 Å². The highest BCUT2D eigenvalue weighted by atomic mass is 16.3. The molecule has 0 aliphatic carbocycles. The van der Waals surface area contributed by atoms with Crippen molar-refractivity contribution in [2.75, 3.05) is 6.54 Å². The molecule has 21 heavy (non-hydrogen) atoms. The lowest BCUT2D eigenvalue weighted by molar-refractivity contribution is 0.157. The number of aryl methyl sites for hydroxylation is 1. The third-order valence-corrected chi connectivity index (χ3v) is 4.00. The average molecular weight is 286 g/mol. The summed E-state index contributed by atoms with van der Waals surface area (Å²) in [6.45, 7) is 8.17. The molecular formula is C18H26N2O. The Balaban J connectivity index is 2.29. The molecule has 3 nitrogen and oxygen atoms in total. The van der Waals surface area contributed by atoms with Crippen molar-refractivity contribution in [3.63, 3.8) is 0 Å². The monoisotopic (exact) mass is 286 g/mol. The largest absolute Gasteiger partial charge is 0.468 e. The predicted molar refractivity (Wildman–Crippen MR) is 87.0 cm³/mol. The van der Waals surface area contributed by atoms with Crippen LogP contribution in [-0.4, -0.2) is 17.5 Å². The van der Waals surface area contributed by atoms with Gasteiger partial charge in [-0.3, -0.25) is 4.90 Å². The second kappa shape index (κ2) is 7.43. The van der Waals surface area contributed by atoms with Gasteiger partial charge in [0.05, 0.1) is 18.8 Å². The molecule has 0 fully saturated rings. The summed E-state index contributed by atoms with van der Waals surface area (Å²) in [5.41, 5.74) is 9.00. The van der Waals surface area contributed by atoms with Gasteiger partial charge in [-0.25, -0.2) is 0 Å². The van der Waals surface area contributed by atoms with Crippen LogP contribution < -0.4 is 5.73 Å². The summed E-state index contributed by atoms with van der Waals surface area (Å²) >= 11 is 0. The van der Waals surface area contributed by atoms with E-state index in [-0.39, 0.29) is 12.1 Å². The number of hydrogen-bond acceptors (Lipinski definition) is 3. The van der Waals surface area contributed by atoms with Gasteiger partial charge in [0, 0.05) is 6.04 Å². The van der Waals surface area contributed by atoms with Gasteiger partial charge in [-0.15, -0.1) is 0 Å². The van der Waals surface area contributed by atoms with Crippen molar-refractivity contribution in [2.45, 2.75) is 45.8 Å². The maximum atomic E-state index is 6.43. The lowest BCUT2D eigenvalue weighted by Crippen LogP contribution is -2.40. The quantitative estimate of drug-likeness (QED) is 0.839. The Morgan fingerprint density at radius 2 is 2.00 bits per heavy atom. The Kier molecular flexibility index (Phi) is 5.59. The minimum Gasteiger partial charge on any atom is -0.468 e. The molecule has 0 bridgehead atoms. The fourth-order valence-corrected chi connectivity index (χ4v) is 2.82. The molecule has 2 rings (SSSR count). The van der Waals surface area contributed by atoms with Crippen LogP contribution in [0.4, 0.5) is 0 Å². The van der Waals surface area contributed by atoms with E-state index in [0.29, 0.717) is 0 Å². The highest BCUT2D eigenvalue weighted by molar-refractivity contribution is 5.26. The Bertz CT molecular complexity index is 536. The fourth-order valence-electron chi connectivity index (χ4n) is 2.82. The summed E-state index contributed by atoms with van der Waals surface area (Å²) in [6.07, 6.45) is 2.68. The van der Waals surface area contributed by atoms with Crippen LogP contribution in [-0.2, 0) is 6.54 Å². The normalized spacial score (nSPS) is 14.3. The number of furan rings is 1. The highest BCUT2D eigenvalue weighted by Gasteiger charge is 2.25. The van der Waals surface area contributed by atoms with Gasteiger partial charge in [0.2, 0.25) is 0 Å². The van der Waals surface area contributed by atoms with Crippen molar-refractivity contribution in [3.05, 3.63) is 59.5 Å². The van der Waals surface area contributed by atoms with Crippen LogP contribution in [0.2, 0.25) is 0 Å². The van der Waals surface area contributed by atoms with Gasteiger partial charge in [0.1, 0.15) is 5.76 Å². The van der Waals surface area contributed by atoms with Gasteiger partial charge in [0.25, 0.3) is 0 Å².